The van der Waals surface area contributed by atoms with Crippen molar-refractivity contribution < 1.29 is 13.7 Å². The van der Waals surface area contributed by atoms with Gasteiger partial charge in [0.1, 0.15) is 0 Å². The molecule has 280 valence electrons. The van der Waals surface area contributed by atoms with Crippen LogP contribution in [-0.4, -0.2) is 0 Å². The van der Waals surface area contributed by atoms with Crippen molar-refractivity contribution in [2.75, 3.05) is 4.90 Å². The number of hydrogen-bond acceptors (Lipinski definition) is 1. The lowest BCUT2D eigenvalue weighted by atomic mass is 9.70. The second-order valence-electron chi connectivity index (χ2n) is 15.3. The van der Waals surface area contributed by atoms with Crippen LogP contribution >= 0.6 is 0 Å². The largest absolute Gasteiger partial charge is 0.310 e. The van der Waals surface area contributed by atoms with Gasteiger partial charge in [0.25, 0.3) is 0 Å². The maximum Gasteiger partial charge on any atom is 0.0725 e. The highest BCUT2D eigenvalue weighted by Gasteiger charge is 2.51. The summed E-state index contributed by atoms with van der Waals surface area (Å²) in [7, 11) is 0. The Morgan fingerprint density at radius 2 is 0.750 bits per heavy atom. The molecular weight excluding hydrogens is 723 g/mol. The molecule has 10 aromatic rings. The molecule has 1 spiro atoms. The Bertz CT molecular complexity index is 3610. The van der Waals surface area contributed by atoms with E-state index >= 15 is 0 Å². The molecular formula is C59H39N. The molecule has 2 aliphatic carbocycles. The van der Waals surface area contributed by atoms with Crippen LogP contribution < -0.4 is 4.90 Å². The minimum Gasteiger partial charge on any atom is -0.310 e. The van der Waals surface area contributed by atoms with Crippen molar-refractivity contribution in [2.45, 2.75) is 5.41 Å². The predicted molar refractivity (Wildman–Crippen MR) is 251 cm³/mol. The van der Waals surface area contributed by atoms with Crippen LogP contribution in [-0.2, 0) is 5.41 Å². The summed E-state index contributed by atoms with van der Waals surface area (Å²) in [5.74, 6) is 0. The highest BCUT2D eigenvalue weighted by Crippen LogP contribution is 2.63. The fraction of sp³-hybridized carbons (Fsp3) is 0.0169. The molecule has 0 saturated heterocycles. The Labute approximate surface area is 365 Å². The van der Waals surface area contributed by atoms with Gasteiger partial charge in [0.05, 0.1) is 24.8 Å². The van der Waals surface area contributed by atoms with Crippen LogP contribution in [0.25, 0.3) is 66.4 Å². The molecule has 1 heteroatoms. The third-order valence-corrected chi connectivity index (χ3v) is 12.3. The van der Waals surface area contributed by atoms with Gasteiger partial charge < -0.3 is 4.90 Å². The Morgan fingerprint density at radius 1 is 0.317 bits per heavy atom. The van der Waals surface area contributed by atoms with Crippen LogP contribution in [0.5, 0.6) is 0 Å². The molecule has 10 aromatic carbocycles. The summed E-state index contributed by atoms with van der Waals surface area (Å²) in [6, 6.07) is 56.5. The number of hydrogen-bond donors (Lipinski definition) is 0. The second-order valence-corrected chi connectivity index (χ2v) is 15.3. The van der Waals surface area contributed by atoms with Crippen molar-refractivity contribution in [2.24, 2.45) is 0 Å². The number of rotatable bonds is 6. The van der Waals surface area contributed by atoms with E-state index in [1.807, 2.05) is 36.4 Å². The van der Waals surface area contributed by atoms with Gasteiger partial charge in [-0.05, 0) is 120 Å². The highest BCUT2D eigenvalue weighted by molar-refractivity contribution is 6.06. The van der Waals surface area contributed by atoms with E-state index in [-0.39, 0.29) is 35.3 Å². The molecule has 0 atom stereocenters. The minimum atomic E-state index is -0.510. The minimum absolute atomic E-state index is 0.102. The van der Waals surface area contributed by atoms with Crippen LogP contribution in [0.1, 0.15) is 36.0 Å². The van der Waals surface area contributed by atoms with Gasteiger partial charge in [-0.3, -0.25) is 0 Å². The van der Waals surface area contributed by atoms with Gasteiger partial charge in [0.15, 0.2) is 0 Å². The average molecular weight is 772 g/mol. The van der Waals surface area contributed by atoms with E-state index in [4.69, 9.17) is 13.7 Å². The number of fused-ring (bicyclic) bond motifs is 11. The van der Waals surface area contributed by atoms with E-state index in [0.29, 0.717) is 22.5 Å². The smallest absolute Gasteiger partial charge is 0.0725 e. The molecule has 60 heavy (non-hydrogen) atoms. The molecule has 0 radical (unpaired) electrons. The van der Waals surface area contributed by atoms with Gasteiger partial charge in [0, 0.05) is 16.8 Å². The molecule has 0 heterocycles. The Balaban J connectivity index is 1.04. The van der Waals surface area contributed by atoms with Gasteiger partial charge in [-0.15, -0.1) is 0 Å². The molecule has 0 amide bonds. The molecule has 12 rings (SSSR count). The van der Waals surface area contributed by atoms with Crippen molar-refractivity contribution in [3.8, 4) is 55.6 Å². The summed E-state index contributed by atoms with van der Waals surface area (Å²) in [5, 5.41) is 1.95. The first-order valence-corrected chi connectivity index (χ1v) is 20.0. The standard InChI is InChI=1S/C59H39N/c1-3-15-40(16-4-1)42-29-34-45(35-30-42)60(46-36-31-43(32-37-46)41-17-5-2-6-18-41)58-28-14-23-48-47(22-13-24-53(48)58)44-33-38-52-51-21-9-12-27-56(51)59(57(52)39-44)54-25-10-7-19-49(54)50-20-8-11-26-55(50)59/h1-39H/i1D,2D,3D,4D,5D,6D,15D,16D,17D,18D. The van der Waals surface area contributed by atoms with Crippen molar-refractivity contribution in [3.63, 3.8) is 0 Å². The third kappa shape index (κ3) is 5.13. The normalized spacial score (nSPS) is 15.1. The van der Waals surface area contributed by atoms with E-state index in [1.54, 1.807) is 24.3 Å². The van der Waals surface area contributed by atoms with Crippen LogP contribution in [0.4, 0.5) is 17.1 Å². The fourth-order valence-corrected chi connectivity index (χ4v) is 9.77. The van der Waals surface area contributed by atoms with Gasteiger partial charge in [-0.25, -0.2) is 0 Å². The molecule has 0 aromatic heterocycles. The topological polar surface area (TPSA) is 3.24 Å². The lowest BCUT2D eigenvalue weighted by Crippen LogP contribution is -2.25. The highest BCUT2D eigenvalue weighted by atomic mass is 15.1. The van der Waals surface area contributed by atoms with E-state index in [2.05, 4.69) is 120 Å². The van der Waals surface area contributed by atoms with Gasteiger partial charge in [0.2, 0.25) is 0 Å². The third-order valence-electron chi connectivity index (χ3n) is 12.3. The van der Waals surface area contributed by atoms with E-state index in [1.165, 1.54) is 44.5 Å². The van der Waals surface area contributed by atoms with Crippen LogP contribution in [0, 0.1) is 0 Å². The molecule has 0 fully saturated rings. The van der Waals surface area contributed by atoms with Crippen LogP contribution in [0.15, 0.2) is 236 Å². The molecule has 2 aliphatic rings. The zero-order valence-electron chi connectivity index (χ0n) is 42.2. The summed E-state index contributed by atoms with van der Waals surface area (Å²) < 4.78 is 84.2. The van der Waals surface area contributed by atoms with Crippen molar-refractivity contribution in [1.82, 2.24) is 0 Å². The van der Waals surface area contributed by atoms with Crippen molar-refractivity contribution in [1.29, 1.82) is 0 Å². The van der Waals surface area contributed by atoms with Gasteiger partial charge in [-0.2, -0.15) is 0 Å². The predicted octanol–water partition coefficient (Wildman–Crippen LogP) is 15.7. The van der Waals surface area contributed by atoms with E-state index in [0.717, 1.165) is 27.6 Å². The van der Waals surface area contributed by atoms with Crippen LogP contribution in [0.3, 0.4) is 0 Å². The summed E-state index contributed by atoms with van der Waals surface area (Å²) in [4.78, 5) is 2.07. The monoisotopic (exact) mass is 771 g/mol. The van der Waals surface area contributed by atoms with E-state index < -0.39 is 41.7 Å². The molecule has 0 unspecified atom stereocenters. The first kappa shape index (κ1) is 25.6. The van der Waals surface area contributed by atoms with E-state index in [9.17, 15) is 0 Å². The maximum atomic E-state index is 8.66. The number of anilines is 3. The molecule has 1 nitrogen and oxygen atoms in total. The molecule has 0 aliphatic heterocycles. The summed E-state index contributed by atoms with van der Waals surface area (Å²) in [6.07, 6.45) is 0. The summed E-state index contributed by atoms with van der Waals surface area (Å²) in [5.41, 5.74) is 14.9. The summed E-state index contributed by atoms with van der Waals surface area (Å²) >= 11 is 0. The molecule has 0 saturated carbocycles. The Morgan fingerprint density at radius 3 is 1.28 bits per heavy atom. The fourth-order valence-electron chi connectivity index (χ4n) is 9.77. The lowest BCUT2D eigenvalue weighted by Gasteiger charge is -2.30. The molecule has 0 bridgehead atoms. The Hall–Kier alpha value is -7.74. The van der Waals surface area contributed by atoms with Crippen molar-refractivity contribution in [3.05, 3.63) is 259 Å². The van der Waals surface area contributed by atoms with Gasteiger partial charge >= 0.3 is 0 Å². The first-order chi connectivity index (χ1) is 33.9. The number of benzene rings is 10. The first-order valence-electron chi connectivity index (χ1n) is 25.0. The zero-order chi connectivity index (χ0) is 48.3. The quantitative estimate of drug-likeness (QED) is 0.163. The number of nitrogens with zero attached hydrogens (tertiary/aromatic N) is 1. The average Bonchev–Trinajstić information content (AvgIpc) is 3.86. The molecule has 0 N–H and O–H groups in total. The zero-order valence-corrected chi connectivity index (χ0v) is 32.2. The lowest BCUT2D eigenvalue weighted by molar-refractivity contribution is 0.794. The Kier molecular flexibility index (Phi) is 5.84. The van der Waals surface area contributed by atoms with Crippen LogP contribution in [0.2, 0.25) is 0 Å². The summed E-state index contributed by atoms with van der Waals surface area (Å²) in [6.45, 7) is 0. The SMILES string of the molecule is [2H]c1c([2H])c([2H])c(-c2ccc(N(c3ccc(-c4c([2H])c([2H])c([2H])c([2H])c4[2H])cc3)c3cccc4c(-c5ccc6c(c5)C5(c7ccccc7-c7ccccc75)c5ccccc5-6)cccc34)cc2)c([2H])c1[2H]. The maximum absolute atomic E-state index is 8.66. The van der Waals surface area contributed by atoms with Crippen molar-refractivity contribution >= 4 is 27.8 Å². The second kappa shape index (κ2) is 13.7. The van der Waals surface area contributed by atoms with Gasteiger partial charge in [-0.1, -0.05) is 200 Å².